The lowest BCUT2D eigenvalue weighted by molar-refractivity contribution is -0.137. The predicted molar refractivity (Wildman–Crippen MR) is 109 cm³/mol. The van der Waals surface area contributed by atoms with Crippen molar-refractivity contribution in [2.24, 2.45) is 11.1 Å². The maximum Gasteiger partial charge on any atom is 0.416 e. The second kappa shape index (κ2) is 10.0. The van der Waals surface area contributed by atoms with Crippen LogP contribution in [0.3, 0.4) is 0 Å². The van der Waals surface area contributed by atoms with E-state index in [1.165, 1.54) is 12.1 Å². The van der Waals surface area contributed by atoms with Crippen molar-refractivity contribution in [2.45, 2.75) is 26.4 Å². The van der Waals surface area contributed by atoms with Crippen LogP contribution in [0, 0.1) is 5.41 Å². The van der Waals surface area contributed by atoms with Gasteiger partial charge in [-0.25, -0.2) is 4.79 Å². The highest BCUT2D eigenvalue weighted by Crippen LogP contribution is 2.31. The molecule has 0 aliphatic carbocycles. The van der Waals surface area contributed by atoms with E-state index in [-0.39, 0.29) is 12.6 Å². The van der Waals surface area contributed by atoms with Gasteiger partial charge in [-0.3, -0.25) is 9.69 Å². The van der Waals surface area contributed by atoms with E-state index in [9.17, 15) is 22.8 Å². The van der Waals surface area contributed by atoms with Gasteiger partial charge in [0.15, 0.2) is 0 Å². The first-order valence-corrected chi connectivity index (χ1v) is 9.95. The Labute approximate surface area is 174 Å². The lowest BCUT2D eigenvalue weighted by Crippen LogP contribution is -2.48. The van der Waals surface area contributed by atoms with Crippen molar-refractivity contribution in [3.05, 3.63) is 29.8 Å². The molecule has 168 valence electrons. The molecule has 7 nitrogen and oxygen atoms in total. The van der Waals surface area contributed by atoms with Gasteiger partial charge in [-0.15, -0.1) is 0 Å². The minimum Gasteiger partial charge on any atom is -0.369 e. The van der Waals surface area contributed by atoms with Crippen LogP contribution in [0.5, 0.6) is 0 Å². The smallest absolute Gasteiger partial charge is 0.369 e. The number of hydrogen-bond donors (Lipinski definition) is 3. The zero-order valence-electron chi connectivity index (χ0n) is 17.4. The lowest BCUT2D eigenvalue weighted by Gasteiger charge is -2.36. The molecule has 1 aromatic rings. The fourth-order valence-corrected chi connectivity index (χ4v) is 3.06. The second-order valence-corrected chi connectivity index (χ2v) is 8.09. The van der Waals surface area contributed by atoms with Crippen molar-refractivity contribution in [1.82, 2.24) is 15.5 Å². The van der Waals surface area contributed by atoms with E-state index >= 15 is 0 Å². The average molecular weight is 429 g/mol. The molecule has 0 spiro atoms. The molecule has 0 aromatic heterocycles. The van der Waals surface area contributed by atoms with Crippen LogP contribution >= 0.6 is 0 Å². The van der Waals surface area contributed by atoms with Gasteiger partial charge in [-0.1, -0.05) is 6.07 Å². The Morgan fingerprint density at radius 3 is 2.37 bits per heavy atom. The van der Waals surface area contributed by atoms with Crippen LogP contribution < -0.4 is 21.3 Å². The topological polar surface area (TPSA) is 90.7 Å². The van der Waals surface area contributed by atoms with E-state index in [1.807, 2.05) is 4.90 Å². The third-order valence-electron chi connectivity index (χ3n) is 5.21. The van der Waals surface area contributed by atoms with Gasteiger partial charge < -0.3 is 21.3 Å². The maximum atomic E-state index is 12.9. The first-order valence-electron chi connectivity index (χ1n) is 9.95. The molecule has 10 heteroatoms. The predicted octanol–water partition coefficient (Wildman–Crippen LogP) is 2.03. The SMILES string of the molecule is CC(C)(CNC(=O)NCCCN1CCN(c2cccc(C(F)(F)F)c2)CC1)C(N)=O. The number of piperazine rings is 1. The Balaban J connectivity index is 1.66. The van der Waals surface area contributed by atoms with Gasteiger partial charge in [0.1, 0.15) is 0 Å². The minimum atomic E-state index is -4.34. The van der Waals surface area contributed by atoms with Crippen LogP contribution in [0.1, 0.15) is 25.8 Å². The van der Waals surface area contributed by atoms with Crippen molar-refractivity contribution in [1.29, 1.82) is 0 Å². The van der Waals surface area contributed by atoms with Crippen LogP contribution in [0.15, 0.2) is 24.3 Å². The molecule has 2 rings (SSSR count). The molecule has 0 unspecified atom stereocenters. The molecule has 1 aromatic carbocycles. The quantitative estimate of drug-likeness (QED) is 0.552. The molecule has 0 radical (unpaired) electrons. The average Bonchev–Trinajstić information content (AvgIpc) is 2.69. The highest BCUT2D eigenvalue weighted by atomic mass is 19.4. The highest BCUT2D eigenvalue weighted by molar-refractivity contribution is 5.81. The number of nitrogens with one attached hydrogen (secondary N) is 2. The fraction of sp³-hybridized carbons (Fsp3) is 0.600. The van der Waals surface area contributed by atoms with E-state index in [0.29, 0.717) is 25.3 Å². The fourth-order valence-electron chi connectivity index (χ4n) is 3.06. The number of halogens is 3. The number of alkyl halides is 3. The van der Waals surface area contributed by atoms with Crippen LogP contribution in [0.2, 0.25) is 0 Å². The third kappa shape index (κ3) is 7.08. The van der Waals surface area contributed by atoms with Crippen molar-refractivity contribution in [3.63, 3.8) is 0 Å². The van der Waals surface area contributed by atoms with Gasteiger partial charge in [0.05, 0.1) is 11.0 Å². The summed E-state index contributed by atoms with van der Waals surface area (Å²) in [5, 5.41) is 5.37. The Hall–Kier alpha value is -2.49. The van der Waals surface area contributed by atoms with E-state index in [0.717, 1.165) is 32.1 Å². The zero-order valence-corrected chi connectivity index (χ0v) is 17.4. The molecular formula is C20H30F3N5O2. The number of carbonyl (C=O) groups is 2. The Morgan fingerprint density at radius 2 is 1.77 bits per heavy atom. The van der Waals surface area contributed by atoms with E-state index < -0.39 is 23.1 Å². The molecule has 3 amide bonds. The van der Waals surface area contributed by atoms with Crippen LogP contribution in [0.25, 0.3) is 0 Å². The summed E-state index contributed by atoms with van der Waals surface area (Å²) in [6.45, 7) is 7.54. The summed E-state index contributed by atoms with van der Waals surface area (Å²) < 4.78 is 38.7. The van der Waals surface area contributed by atoms with Gasteiger partial charge in [-0.2, -0.15) is 13.2 Å². The first kappa shape index (κ1) is 23.8. The van der Waals surface area contributed by atoms with Gasteiger partial charge in [0.2, 0.25) is 5.91 Å². The zero-order chi connectivity index (χ0) is 22.4. The summed E-state index contributed by atoms with van der Waals surface area (Å²) >= 11 is 0. The number of amides is 3. The number of anilines is 1. The summed E-state index contributed by atoms with van der Waals surface area (Å²) in [6.07, 6.45) is -3.59. The van der Waals surface area contributed by atoms with Gasteiger partial charge in [-0.05, 0) is 45.0 Å². The number of primary amides is 1. The van der Waals surface area contributed by atoms with Crippen LogP contribution in [-0.4, -0.2) is 62.7 Å². The Bertz CT molecular complexity index is 731. The summed E-state index contributed by atoms with van der Waals surface area (Å²) in [6, 6.07) is 5.06. The summed E-state index contributed by atoms with van der Waals surface area (Å²) in [5.41, 5.74) is 4.41. The van der Waals surface area contributed by atoms with Crippen molar-refractivity contribution >= 4 is 17.6 Å². The first-order chi connectivity index (χ1) is 14.0. The molecular weight excluding hydrogens is 399 g/mol. The number of nitrogens with two attached hydrogens (primary N) is 1. The molecule has 1 aliphatic heterocycles. The molecule has 1 saturated heterocycles. The number of benzene rings is 1. The standard InChI is InChI=1S/C20H30F3N5O2/c1-19(2,17(24)29)14-26-18(30)25-7-4-8-27-9-11-28(12-10-27)16-6-3-5-15(13-16)20(21,22)23/h3,5-6,13H,4,7-12,14H2,1-2H3,(H2,24,29)(H2,25,26,30). The molecule has 4 N–H and O–H groups in total. The Kier molecular flexibility index (Phi) is 7.94. The van der Waals surface area contributed by atoms with Gasteiger partial charge >= 0.3 is 12.2 Å². The number of carbonyl (C=O) groups excluding carboxylic acids is 2. The lowest BCUT2D eigenvalue weighted by atomic mass is 9.93. The normalized spacial score (nSPS) is 15.7. The van der Waals surface area contributed by atoms with Crippen molar-refractivity contribution < 1.29 is 22.8 Å². The van der Waals surface area contributed by atoms with Crippen molar-refractivity contribution in [3.8, 4) is 0 Å². The van der Waals surface area contributed by atoms with Crippen molar-refractivity contribution in [2.75, 3.05) is 50.7 Å². The highest BCUT2D eigenvalue weighted by Gasteiger charge is 2.31. The van der Waals surface area contributed by atoms with Crippen LogP contribution in [-0.2, 0) is 11.0 Å². The van der Waals surface area contributed by atoms with Gasteiger partial charge in [0, 0.05) is 45.0 Å². The molecule has 1 aliphatic rings. The summed E-state index contributed by atoms with van der Waals surface area (Å²) in [5.74, 6) is -0.480. The van der Waals surface area contributed by atoms with E-state index in [4.69, 9.17) is 5.73 Å². The van der Waals surface area contributed by atoms with Gasteiger partial charge in [0.25, 0.3) is 0 Å². The minimum absolute atomic E-state index is 0.158. The molecule has 0 bridgehead atoms. The van der Waals surface area contributed by atoms with E-state index in [1.54, 1.807) is 19.9 Å². The monoisotopic (exact) mass is 429 g/mol. The Morgan fingerprint density at radius 1 is 1.10 bits per heavy atom. The molecule has 1 fully saturated rings. The van der Waals surface area contributed by atoms with E-state index in [2.05, 4.69) is 15.5 Å². The number of nitrogens with zero attached hydrogens (tertiary/aromatic N) is 2. The number of hydrogen-bond acceptors (Lipinski definition) is 4. The summed E-state index contributed by atoms with van der Waals surface area (Å²) in [4.78, 5) is 27.2. The molecule has 0 atom stereocenters. The molecule has 1 heterocycles. The second-order valence-electron chi connectivity index (χ2n) is 8.09. The maximum absolute atomic E-state index is 12.9. The third-order valence-corrected chi connectivity index (χ3v) is 5.21. The summed E-state index contributed by atoms with van der Waals surface area (Å²) in [7, 11) is 0. The number of urea groups is 1. The molecule has 0 saturated carbocycles. The van der Waals surface area contributed by atoms with Crippen LogP contribution in [0.4, 0.5) is 23.7 Å². The number of rotatable bonds is 8. The molecule has 30 heavy (non-hydrogen) atoms. The largest absolute Gasteiger partial charge is 0.416 e.